The monoisotopic (exact) mass is 812 g/mol. The van der Waals surface area contributed by atoms with E-state index >= 15 is 0 Å². The van der Waals surface area contributed by atoms with Crippen molar-refractivity contribution in [2.24, 2.45) is 5.92 Å². The lowest BCUT2D eigenvalue weighted by atomic mass is 10.0. The highest BCUT2D eigenvalue weighted by Gasteiger charge is 2.22. The molecule has 16 heteroatoms. The molecule has 0 heterocycles. The van der Waals surface area contributed by atoms with E-state index in [9.17, 15) is 28.8 Å². The Labute approximate surface area is 342 Å². The average Bonchev–Trinajstić information content (AvgIpc) is 3.21. The molecule has 0 saturated heterocycles. The van der Waals surface area contributed by atoms with E-state index in [1.165, 1.54) is 5.56 Å². The van der Waals surface area contributed by atoms with E-state index in [1.807, 2.05) is 44.2 Å². The molecule has 322 valence electrons. The topological polar surface area (TPSA) is 212 Å². The van der Waals surface area contributed by atoms with Gasteiger partial charge in [-0.2, -0.15) is 0 Å². The molecule has 16 nitrogen and oxygen atoms in total. The first kappa shape index (κ1) is 49.2. The lowest BCUT2D eigenvalue weighted by Crippen LogP contribution is -2.52. The van der Waals surface area contributed by atoms with Gasteiger partial charge in [0.25, 0.3) is 0 Å². The van der Waals surface area contributed by atoms with Crippen molar-refractivity contribution >= 4 is 35.4 Å². The van der Waals surface area contributed by atoms with Crippen LogP contribution in [0.4, 0.5) is 0 Å². The highest BCUT2D eigenvalue weighted by Crippen LogP contribution is 2.15. The number of nitrogens with one attached hydrogen (secondary N) is 6. The highest BCUT2D eigenvalue weighted by atomic mass is 16.6. The minimum absolute atomic E-state index is 0.00464. The number of benzene rings is 2. The summed E-state index contributed by atoms with van der Waals surface area (Å²) in [6.07, 6.45) is 1.34. The molecule has 2 aromatic carbocycles. The van der Waals surface area contributed by atoms with Crippen LogP contribution in [0.3, 0.4) is 0 Å². The predicted molar refractivity (Wildman–Crippen MR) is 219 cm³/mol. The molecule has 1 atom stereocenters. The standard InChI is InChI=1S/C42H64N6O10/c1-31(2)27-44-40(52)29-47-42(54)36(26-34-8-6-5-7-9-34)48-41(53)30-46-39(51)28-45-38(50)16-18-55-20-22-57-24-25-58-23-21-56-19-17-43-37(49)15-12-33-10-13-35(14-11-33)32(3)4/h5-11,13-14,31-32,36H,12,15-30H2,1-4H3,(H,43,49)(H,44,52)(H,45,50)(H,46,51)(H,47,54)(H,48,53)/t36-/m0/s1. The van der Waals surface area contributed by atoms with E-state index in [0.29, 0.717) is 71.5 Å². The first-order chi connectivity index (χ1) is 27.9. The number of hydrogen-bond donors (Lipinski definition) is 6. The van der Waals surface area contributed by atoms with Gasteiger partial charge in [-0.25, -0.2) is 0 Å². The molecule has 2 aromatic rings. The Balaban J connectivity index is 1.44. The largest absolute Gasteiger partial charge is 0.379 e. The van der Waals surface area contributed by atoms with Crippen LogP contribution in [0.2, 0.25) is 0 Å². The zero-order chi connectivity index (χ0) is 42.4. The molecule has 0 bridgehead atoms. The molecule has 0 aromatic heterocycles. The van der Waals surface area contributed by atoms with Gasteiger partial charge >= 0.3 is 0 Å². The van der Waals surface area contributed by atoms with Crippen molar-refractivity contribution in [2.45, 2.75) is 65.3 Å². The Kier molecular flexibility index (Phi) is 25.7. The molecule has 6 amide bonds. The van der Waals surface area contributed by atoms with Gasteiger partial charge in [0.1, 0.15) is 6.04 Å². The van der Waals surface area contributed by atoms with E-state index in [4.69, 9.17) is 18.9 Å². The van der Waals surface area contributed by atoms with Crippen LogP contribution in [0, 0.1) is 5.92 Å². The van der Waals surface area contributed by atoms with Gasteiger partial charge in [-0.05, 0) is 34.9 Å². The highest BCUT2D eigenvalue weighted by molar-refractivity contribution is 5.92. The minimum Gasteiger partial charge on any atom is -0.379 e. The Hall–Kier alpha value is -4.90. The lowest BCUT2D eigenvalue weighted by molar-refractivity contribution is -0.131. The number of hydrogen-bond acceptors (Lipinski definition) is 10. The number of rotatable bonds is 31. The summed E-state index contributed by atoms with van der Waals surface area (Å²) in [6.45, 7) is 10.8. The van der Waals surface area contributed by atoms with Crippen LogP contribution < -0.4 is 31.9 Å². The van der Waals surface area contributed by atoms with Crippen molar-refractivity contribution in [3.8, 4) is 0 Å². The summed E-state index contributed by atoms with van der Waals surface area (Å²) in [5.74, 6) is -1.75. The van der Waals surface area contributed by atoms with Crippen molar-refractivity contribution in [1.29, 1.82) is 0 Å². The van der Waals surface area contributed by atoms with Crippen LogP contribution in [0.25, 0.3) is 0 Å². The number of carbonyl (C=O) groups is 6. The molecule has 0 radical (unpaired) electrons. The van der Waals surface area contributed by atoms with Crippen LogP contribution in [0.1, 0.15) is 63.1 Å². The van der Waals surface area contributed by atoms with Crippen LogP contribution in [0.15, 0.2) is 54.6 Å². The molecule has 0 aliphatic rings. The fourth-order valence-corrected chi connectivity index (χ4v) is 5.09. The summed E-state index contributed by atoms with van der Waals surface area (Å²) in [6, 6.07) is 16.5. The van der Waals surface area contributed by atoms with Crippen molar-refractivity contribution in [1.82, 2.24) is 31.9 Å². The quantitative estimate of drug-likeness (QED) is 0.0599. The van der Waals surface area contributed by atoms with Gasteiger partial charge in [-0.1, -0.05) is 82.3 Å². The summed E-state index contributed by atoms with van der Waals surface area (Å²) < 4.78 is 21.8. The summed E-state index contributed by atoms with van der Waals surface area (Å²) in [7, 11) is 0. The molecular weight excluding hydrogens is 748 g/mol. The molecule has 0 spiro atoms. The molecule has 0 fully saturated rings. The van der Waals surface area contributed by atoms with Crippen molar-refractivity contribution in [3.05, 3.63) is 71.3 Å². The van der Waals surface area contributed by atoms with E-state index in [-0.39, 0.29) is 56.9 Å². The van der Waals surface area contributed by atoms with Gasteiger partial charge in [0.15, 0.2) is 0 Å². The van der Waals surface area contributed by atoms with E-state index in [2.05, 4.69) is 70.0 Å². The molecule has 0 aliphatic carbocycles. The lowest BCUT2D eigenvalue weighted by Gasteiger charge is -2.19. The van der Waals surface area contributed by atoms with Gasteiger partial charge in [0.2, 0.25) is 35.4 Å². The summed E-state index contributed by atoms with van der Waals surface area (Å²) >= 11 is 0. The number of aryl methyl sites for hydroxylation is 1. The molecule has 58 heavy (non-hydrogen) atoms. The van der Waals surface area contributed by atoms with Crippen LogP contribution in [-0.4, -0.2) is 127 Å². The maximum absolute atomic E-state index is 12.9. The minimum atomic E-state index is -0.984. The second-order valence-electron chi connectivity index (χ2n) is 14.2. The van der Waals surface area contributed by atoms with Crippen molar-refractivity contribution in [3.63, 3.8) is 0 Å². The molecule has 0 aliphatic heterocycles. The first-order valence-electron chi connectivity index (χ1n) is 20.0. The summed E-state index contributed by atoms with van der Waals surface area (Å²) in [4.78, 5) is 74.0. The van der Waals surface area contributed by atoms with E-state index in [0.717, 1.165) is 11.1 Å². The number of amides is 6. The zero-order valence-corrected chi connectivity index (χ0v) is 34.5. The second-order valence-corrected chi connectivity index (χ2v) is 14.2. The molecule has 0 saturated carbocycles. The second kappa shape index (κ2) is 30.2. The maximum Gasteiger partial charge on any atom is 0.243 e. The van der Waals surface area contributed by atoms with Crippen LogP contribution in [0.5, 0.6) is 0 Å². The van der Waals surface area contributed by atoms with Gasteiger partial charge in [0.05, 0.1) is 72.5 Å². The fourth-order valence-electron chi connectivity index (χ4n) is 5.09. The van der Waals surface area contributed by atoms with Gasteiger partial charge in [-0.3, -0.25) is 28.8 Å². The summed E-state index contributed by atoms with van der Waals surface area (Å²) in [5.41, 5.74) is 3.23. The van der Waals surface area contributed by atoms with Crippen molar-refractivity contribution in [2.75, 3.05) is 85.6 Å². The number of carbonyl (C=O) groups excluding carboxylic acids is 6. The first-order valence-corrected chi connectivity index (χ1v) is 20.0. The summed E-state index contributed by atoms with van der Waals surface area (Å²) in [5, 5.41) is 15.6. The Morgan fingerprint density at radius 1 is 0.517 bits per heavy atom. The van der Waals surface area contributed by atoms with Gasteiger partial charge < -0.3 is 50.8 Å². The smallest absolute Gasteiger partial charge is 0.243 e. The average molecular weight is 813 g/mol. The third-order valence-corrected chi connectivity index (χ3v) is 8.40. The Bertz CT molecular complexity index is 1510. The molecule has 0 unspecified atom stereocenters. The van der Waals surface area contributed by atoms with Gasteiger partial charge in [-0.15, -0.1) is 0 Å². The Morgan fingerprint density at radius 3 is 1.67 bits per heavy atom. The fraction of sp³-hybridized carbons (Fsp3) is 0.571. The third kappa shape index (κ3) is 24.7. The van der Waals surface area contributed by atoms with Crippen LogP contribution >= 0.6 is 0 Å². The van der Waals surface area contributed by atoms with Crippen LogP contribution in [-0.2, 0) is 60.6 Å². The maximum atomic E-state index is 12.9. The molecule has 2 rings (SSSR count). The SMILES string of the molecule is CC(C)CNC(=O)CNC(=O)[C@H](Cc1ccccc1)NC(=O)CNC(=O)CNC(=O)CCOCCOCCOCCOCCNC(=O)CCc1ccc(C(C)C)cc1. The Morgan fingerprint density at radius 2 is 1.05 bits per heavy atom. The molecular formula is C42H64N6O10. The predicted octanol–water partition coefficient (Wildman–Crippen LogP) is 1.16. The van der Waals surface area contributed by atoms with E-state index < -0.39 is 36.2 Å². The molecule has 6 N–H and O–H groups in total. The normalized spacial score (nSPS) is 11.5. The van der Waals surface area contributed by atoms with Gasteiger partial charge in [0, 0.05) is 32.4 Å². The zero-order valence-electron chi connectivity index (χ0n) is 34.5. The third-order valence-electron chi connectivity index (χ3n) is 8.40. The van der Waals surface area contributed by atoms with Crippen molar-refractivity contribution < 1.29 is 47.7 Å². The van der Waals surface area contributed by atoms with E-state index in [1.54, 1.807) is 0 Å². The number of ether oxygens (including phenoxy) is 4.